The highest BCUT2D eigenvalue weighted by Crippen LogP contribution is 2.28. The molecule has 1 aromatic rings. The fourth-order valence-corrected chi connectivity index (χ4v) is 2.09. The number of hydrogen-bond acceptors (Lipinski definition) is 4. The van der Waals surface area contributed by atoms with Crippen molar-refractivity contribution in [2.75, 3.05) is 19.6 Å². The van der Waals surface area contributed by atoms with E-state index in [-0.39, 0.29) is 0 Å². The van der Waals surface area contributed by atoms with Gasteiger partial charge in [0.15, 0.2) is 0 Å². The number of rotatable bonds is 3. The average molecular weight is 195 g/mol. The van der Waals surface area contributed by atoms with Crippen molar-refractivity contribution in [3.8, 4) is 0 Å². The zero-order valence-corrected chi connectivity index (χ0v) is 8.57. The number of likely N-dealkylation sites (tertiary alicyclic amines) is 1. The fourth-order valence-electron chi connectivity index (χ4n) is 2.09. The second-order valence-corrected chi connectivity index (χ2v) is 3.80. The molecule has 4 heteroatoms. The van der Waals surface area contributed by atoms with Gasteiger partial charge in [0, 0.05) is 24.6 Å². The lowest BCUT2D eigenvalue weighted by Gasteiger charge is -2.11. The first-order chi connectivity index (χ1) is 6.85. The molecule has 1 aliphatic heterocycles. The SMILES string of the molecule is CCN1CCC(c2oncc2CN)C1. The summed E-state index contributed by atoms with van der Waals surface area (Å²) in [6, 6.07) is 0. The van der Waals surface area contributed by atoms with Crippen LogP contribution in [0.15, 0.2) is 10.7 Å². The van der Waals surface area contributed by atoms with Gasteiger partial charge in [-0.2, -0.15) is 0 Å². The molecule has 0 aromatic carbocycles. The van der Waals surface area contributed by atoms with Gasteiger partial charge in [-0.25, -0.2) is 0 Å². The van der Waals surface area contributed by atoms with Crippen molar-refractivity contribution in [3.63, 3.8) is 0 Å². The first kappa shape index (κ1) is 9.68. The molecule has 14 heavy (non-hydrogen) atoms. The van der Waals surface area contributed by atoms with Crippen molar-refractivity contribution in [1.82, 2.24) is 10.1 Å². The van der Waals surface area contributed by atoms with E-state index in [0.717, 1.165) is 37.4 Å². The summed E-state index contributed by atoms with van der Waals surface area (Å²) in [6.07, 6.45) is 2.90. The van der Waals surface area contributed by atoms with Gasteiger partial charge in [-0.1, -0.05) is 12.1 Å². The number of nitrogens with two attached hydrogens (primary N) is 1. The van der Waals surface area contributed by atoms with E-state index < -0.39 is 0 Å². The van der Waals surface area contributed by atoms with Crippen LogP contribution in [0.3, 0.4) is 0 Å². The van der Waals surface area contributed by atoms with Crippen LogP contribution < -0.4 is 5.73 Å². The lowest BCUT2D eigenvalue weighted by atomic mass is 10.0. The average Bonchev–Trinajstić information content (AvgIpc) is 2.85. The Kier molecular flexibility index (Phi) is 2.84. The molecule has 0 amide bonds. The molecule has 1 fully saturated rings. The maximum Gasteiger partial charge on any atom is 0.145 e. The summed E-state index contributed by atoms with van der Waals surface area (Å²) in [4.78, 5) is 2.42. The smallest absolute Gasteiger partial charge is 0.145 e. The second-order valence-electron chi connectivity index (χ2n) is 3.80. The van der Waals surface area contributed by atoms with E-state index in [9.17, 15) is 0 Å². The third-order valence-corrected chi connectivity index (χ3v) is 2.99. The van der Waals surface area contributed by atoms with Crippen LogP contribution in [-0.4, -0.2) is 29.7 Å². The molecular weight excluding hydrogens is 178 g/mol. The molecule has 1 saturated heterocycles. The second kappa shape index (κ2) is 4.11. The Morgan fingerprint density at radius 3 is 3.21 bits per heavy atom. The molecule has 4 nitrogen and oxygen atoms in total. The van der Waals surface area contributed by atoms with Crippen LogP contribution in [0.5, 0.6) is 0 Å². The van der Waals surface area contributed by atoms with E-state index in [1.54, 1.807) is 6.20 Å². The first-order valence-electron chi connectivity index (χ1n) is 5.21. The monoisotopic (exact) mass is 195 g/mol. The highest BCUT2D eigenvalue weighted by Gasteiger charge is 2.27. The third-order valence-electron chi connectivity index (χ3n) is 2.99. The van der Waals surface area contributed by atoms with Crippen molar-refractivity contribution < 1.29 is 4.52 Å². The molecule has 1 atom stereocenters. The summed E-state index contributed by atoms with van der Waals surface area (Å²) in [5, 5.41) is 3.81. The molecule has 0 spiro atoms. The van der Waals surface area contributed by atoms with Crippen LogP contribution in [-0.2, 0) is 6.54 Å². The summed E-state index contributed by atoms with van der Waals surface area (Å²) in [5.41, 5.74) is 6.68. The fraction of sp³-hybridized carbons (Fsp3) is 0.700. The van der Waals surface area contributed by atoms with Gasteiger partial charge in [0.1, 0.15) is 5.76 Å². The Balaban J connectivity index is 2.09. The number of likely N-dealkylation sites (N-methyl/N-ethyl adjacent to an activating group) is 1. The molecule has 2 rings (SSSR count). The van der Waals surface area contributed by atoms with E-state index in [1.165, 1.54) is 0 Å². The van der Waals surface area contributed by atoms with Gasteiger partial charge in [-0.3, -0.25) is 0 Å². The summed E-state index contributed by atoms with van der Waals surface area (Å²) in [6.45, 7) is 6.07. The highest BCUT2D eigenvalue weighted by molar-refractivity contribution is 5.18. The number of aromatic nitrogens is 1. The van der Waals surface area contributed by atoms with Crippen molar-refractivity contribution >= 4 is 0 Å². The maximum absolute atomic E-state index is 5.62. The Hall–Kier alpha value is -0.870. The molecule has 78 valence electrons. The van der Waals surface area contributed by atoms with Crippen molar-refractivity contribution in [1.29, 1.82) is 0 Å². The highest BCUT2D eigenvalue weighted by atomic mass is 16.5. The molecule has 0 saturated carbocycles. The number of nitrogens with zero attached hydrogens (tertiary/aromatic N) is 2. The minimum absolute atomic E-state index is 0.496. The quantitative estimate of drug-likeness (QED) is 0.780. The lowest BCUT2D eigenvalue weighted by Crippen LogP contribution is -2.19. The topological polar surface area (TPSA) is 55.3 Å². The van der Waals surface area contributed by atoms with Gasteiger partial charge in [-0.15, -0.1) is 0 Å². The first-order valence-corrected chi connectivity index (χ1v) is 5.21. The van der Waals surface area contributed by atoms with E-state index in [2.05, 4.69) is 17.0 Å². The predicted octanol–water partition coefficient (Wildman–Crippen LogP) is 0.943. The van der Waals surface area contributed by atoms with Gasteiger partial charge >= 0.3 is 0 Å². The van der Waals surface area contributed by atoms with Gasteiger partial charge in [-0.05, 0) is 19.5 Å². The number of hydrogen-bond donors (Lipinski definition) is 1. The van der Waals surface area contributed by atoms with Gasteiger partial charge < -0.3 is 15.2 Å². The van der Waals surface area contributed by atoms with Gasteiger partial charge in [0.05, 0.1) is 6.20 Å². The molecule has 0 aliphatic carbocycles. The lowest BCUT2D eigenvalue weighted by molar-refractivity contribution is 0.329. The van der Waals surface area contributed by atoms with Gasteiger partial charge in [0.25, 0.3) is 0 Å². The molecule has 0 bridgehead atoms. The Bertz CT molecular complexity index is 297. The Morgan fingerprint density at radius 2 is 2.57 bits per heavy atom. The molecule has 0 radical (unpaired) electrons. The molecule has 2 heterocycles. The molecular formula is C10H17N3O. The maximum atomic E-state index is 5.62. The van der Waals surface area contributed by atoms with E-state index >= 15 is 0 Å². The zero-order chi connectivity index (χ0) is 9.97. The minimum Gasteiger partial charge on any atom is -0.361 e. The molecule has 1 unspecified atom stereocenters. The normalized spacial score (nSPS) is 23.1. The standard InChI is InChI=1S/C10H17N3O/c1-2-13-4-3-8(7-13)10-9(5-11)6-12-14-10/h6,8H,2-5,7,11H2,1H3. The molecule has 2 N–H and O–H groups in total. The molecule has 1 aliphatic rings. The van der Waals surface area contributed by atoms with Gasteiger partial charge in [0.2, 0.25) is 0 Å². The summed E-state index contributed by atoms with van der Waals surface area (Å²) in [5.74, 6) is 1.50. The van der Waals surface area contributed by atoms with Crippen LogP contribution >= 0.6 is 0 Å². The largest absolute Gasteiger partial charge is 0.361 e. The van der Waals surface area contributed by atoms with Crippen LogP contribution in [0.25, 0.3) is 0 Å². The summed E-state index contributed by atoms with van der Waals surface area (Å²) >= 11 is 0. The summed E-state index contributed by atoms with van der Waals surface area (Å²) in [7, 11) is 0. The van der Waals surface area contributed by atoms with Crippen LogP contribution in [0.1, 0.15) is 30.6 Å². The van der Waals surface area contributed by atoms with E-state index in [1.807, 2.05) is 0 Å². The van der Waals surface area contributed by atoms with E-state index in [0.29, 0.717) is 12.5 Å². The van der Waals surface area contributed by atoms with Crippen molar-refractivity contribution in [3.05, 3.63) is 17.5 Å². The van der Waals surface area contributed by atoms with Crippen molar-refractivity contribution in [2.45, 2.75) is 25.8 Å². The van der Waals surface area contributed by atoms with E-state index in [4.69, 9.17) is 10.3 Å². The summed E-state index contributed by atoms with van der Waals surface area (Å²) < 4.78 is 5.28. The Morgan fingerprint density at radius 1 is 1.71 bits per heavy atom. The van der Waals surface area contributed by atoms with Crippen LogP contribution in [0.2, 0.25) is 0 Å². The Labute approximate surface area is 84.0 Å². The third kappa shape index (κ3) is 1.67. The van der Waals surface area contributed by atoms with Crippen LogP contribution in [0.4, 0.5) is 0 Å². The van der Waals surface area contributed by atoms with Crippen LogP contribution in [0, 0.1) is 0 Å². The van der Waals surface area contributed by atoms with Crippen molar-refractivity contribution in [2.24, 2.45) is 5.73 Å². The molecule has 1 aromatic heterocycles. The minimum atomic E-state index is 0.496. The zero-order valence-electron chi connectivity index (χ0n) is 8.57. The predicted molar refractivity (Wildman–Crippen MR) is 53.9 cm³/mol.